The lowest BCUT2D eigenvalue weighted by Crippen LogP contribution is -2.43. The van der Waals surface area contributed by atoms with E-state index in [1.807, 2.05) is 6.07 Å². The fraction of sp³-hybridized carbons (Fsp3) is 0.381. The van der Waals surface area contributed by atoms with E-state index in [1.165, 1.54) is 21.3 Å². The first kappa shape index (κ1) is 22.0. The second-order valence-corrected chi connectivity index (χ2v) is 6.24. The van der Waals surface area contributed by atoms with Crippen LogP contribution >= 0.6 is 0 Å². The van der Waals surface area contributed by atoms with E-state index in [0.29, 0.717) is 41.4 Å². The molecule has 1 aromatic carbocycles. The fourth-order valence-electron chi connectivity index (χ4n) is 3.05. The Hall–Kier alpha value is -3.31. The molecule has 1 aromatic rings. The van der Waals surface area contributed by atoms with Crippen LogP contribution in [-0.2, 0) is 14.3 Å². The molecule has 0 bridgehead atoms. The number of carbonyl (C=O) groups excluding carboxylic acids is 2. The molecule has 0 N–H and O–H groups in total. The smallest absolute Gasteiger partial charge is 0.271 e. The van der Waals surface area contributed by atoms with Crippen LogP contribution in [0.3, 0.4) is 0 Å². The summed E-state index contributed by atoms with van der Waals surface area (Å²) in [5.41, 5.74) is 1.14. The lowest BCUT2D eigenvalue weighted by Gasteiger charge is -2.27. The Morgan fingerprint density at radius 1 is 1.03 bits per heavy atom. The van der Waals surface area contributed by atoms with Gasteiger partial charge in [0.2, 0.25) is 5.75 Å². The summed E-state index contributed by atoms with van der Waals surface area (Å²) in [4.78, 5) is 26.6. The summed E-state index contributed by atoms with van der Waals surface area (Å²) in [6.07, 6.45) is 2.08. The quantitative estimate of drug-likeness (QED) is 0.375. The van der Waals surface area contributed by atoms with Gasteiger partial charge in [-0.2, -0.15) is 5.26 Å². The Morgan fingerprint density at radius 3 is 2.14 bits per heavy atom. The van der Waals surface area contributed by atoms with Gasteiger partial charge in [-0.15, -0.1) is 0 Å². The topological polar surface area (TPSA) is 98.1 Å². The van der Waals surface area contributed by atoms with E-state index in [-0.39, 0.29) is 17.7 Å². The molecule has 0 fully saturated rings. The molecule has 1 heterocycles. The summed E-state index contributed by atoms with van der Waals surface area (Å²) in [6.45, 7) is 2.15. The standard InChI is InChI=1S/C21H24N2O6/c1-13-15(9-14-10-17(27-3)19(29-5)18(11-14)28-4)20(24)23(7-6-8-26-2)21(25)16(13)12-22/h9-11H,6-8H2,1-5H3/b15-9+. The van der Waals surface area contributed by atoms with E-state index in [0.717, 1.165) is 4.90 Å². The largest absolute Gasteiger partial charge is 0.493 e. The van der Waals surface area contributed by atoms with Crippen molar-refractivity contribution in [2.45, 2.75) is 13.3 Å². The molecule has 29 heavy (non-hydrogen) atoms. The molecule has 0 aromatic heterocycles. The van der Waals surface area contributed by atoms with Crippen molar-refractivity contribution < 1.29 is 28.5 Å². The number of hydrogen-bond donors (Lipinski definition) is 0. The Kier molecular flexibility index (Phi) is 7.39. The van der Waals surface area contributed by atoms with Crippen molar-refractivity contribution in [1.82, 2.24) is 4.90 Å². The van der Waals surface area contributed by atoms with Gasteiger partial charge in [0.1, 0.15) is 11.6 Å². The maximum Gasteiger partial charge on any atom is 0.271 e. The number of methoxy groups -OCH3 is 4. The highest BCUT2D eigenvalue weighted by Crippen LogP contribution is 2.39. The van der Waals surface area contributed by atoms with Crippen LogP contribution in [0.15, 0.2) is 28.9 Å². The van der Waals surface area contributed by atoms with Crippen molar-refractivity contribution in [3.8, 4) is 23.3 Å². The van der Waals surface area contributed by atoms with E-state index >= 15 is 0 Å². The predicted octanol–water partition coefficient (Wildman–Crippen LogP) is 2.34. The summed E-state index contributed by atoms with van der Waals surface area (Å²) in [6, 6.07) is 5.29. The van der Waals surface area contributed by atoms with Gasteiger partial charge in [0.15, 0.2) is 11.5 Å². The molecular weight excluding hydrogens is 376 g/mol. The molecular formula is C21H24N2O6. The zero-order valence-electron chi connectivity index (χ0n) is 17.2. The highest BCUT2D eigenvalue weighted by molar-refractivity contribution is 6.19. The third kappa shape index (κ3) is 4.41. The number of carbonyl (C=O) groups is 2. The van der Waals surface area contributed by atoms with Crippen molar-refractivity contribution in [1.29, 1.82) is 5.26 Å². The second-order valence-electron chi connectivity index (χ2n) is 6.24. The third-order valence-electron chi connectivity index (χ3n) is 4.55. The molecule has 1 aliphatic heterocycles. The number of hydrogen-bond acceptors (Lipinski definition) is 7. The summed E-state index contributed by atoms with van der Waals surface area (Å²) < 4.78 is 21.0. The minimum atomic E-state index is -0.590. The van der Waals surface area contributed by atoms with Gasteiger partial charge in [0.05, 0.1) is 21.3 Å². The summed E-state index contributed by atoms with van der Waals surface area (Å²) >= 11 is 0. The molecule has 1 aliphatic rings. The van der Waals surface area contributed by atoms with Crippen LogP contribution in [-0.4, -0.2) is 58.3 Å². The summed E-state index contributed by atoms with van der Waals surface area (Å²) in [5.74, 6) is 0.229. The number of rotatable bonds is 8. The average Bonchev–Trinajstić information content (AvgIpc) is 2.73. The Bertz CT molecular complexity index is 885. The van der Waals surface area contributed by atoms with Crippen LogP contribution < -0.4 is 14.2 Å². The second kappa shape index (κ2) is 9.75. The van der Waals surface area contributed by atoms with Crippen molar-refractivity contribution in [2.75, 3.05) is 41.6 Å². The van der Waals surface area contributed by atoms with Gasteiger partial charge in [-0.3, -0.25) is 14.5 Å². The van der Waals surface area contributed by atoms with Gasteiger partial charge in [-0.1, -0.05) is 0 Å². The van der Waals surface area contributed by atoms with E-state index in [1.54, 1.807) is 32.2 Å². The molecule has 0 spiro atoms. The van der Waals surface area contributed by atoms with Crippen molar-refractivity contribution in [2.24, 2.45) is 0 Å². The van der Waals surface area contributed by atoms with Crippen LogP contribution in [0.4, 0.5) is 0 Å². The molecule has 8 heteroatoms. The lowest BCUT2D eigenvalue weighted by atomic mass is 9.93. The van der Waals surface area contributed by atoms with Crippen molar-refractivity contribution >= 4 is 17.9 Å². The van der Waals surface area contributed by atoms with Gasteiger partial charge in [0.25, 0.3) is 11.8 Å². The lowest BCUT2D eigenvalue weighted by molar-refractivity contribution is -0.140. The van der Waals surface area contributed by atoms with E-state index in [2.05, 4.69) is 0 Å². The SMILES string of the molecule is COCCCN1C(=O)C(C#N)=C(C)/C(=C\c2cc(OC)c(OC)c(OC)c2)C1=O. The molecule has 0 unspecified atom stereocenters. The van der Waals surface area contributed by atoms with E-state index in [4.69, 9.17) is 18.9 Å². The van der Waals surface area contributed by atoms with Gasteiger partial charge in [-0.05, 0) is 42.7 Å². The maximum atomic E-state index is 13.0. The summed E-state index contributed by atoms with van der Waals surface area (Å²) in [7, 11) is 6.03. The number of ether oxygens (including phenoxy) is 4. The molecule has 154 valence electrons. The van der Waals surface area contributed by atoms with Crippen LogP contribution in [0.25, 0.3) is 6.08 Å². The van der Waals surface area contributed by atoms with E-state index in [9.17, 15) is 14.9 Å². The average molecular weight is 400 g/mol. The molecule has 0 saturated carbocycles. The molecule has 2 rings (SSSR count). The zero-order valence-corrected chi connectivity index (χ0v) is 17.2. The van der Waals surface area contributed by atoms with Gasteiger partial charge in [-0.25, -0.2) is 0 Å². The normalized spacial score (nSPS) is 15.6. The monoisotopic (exact) mass is 400 g/mol. The number of nitriles is 1. The zero-order chi connectivity index (χ0) is 21.6. The van der Waals surface area contributed by atoms with Crippen LogP contribution in [0.5, 0.6) is 17.2 Å². The Labute approximate surface area is 169 Å². The summed E-state index contributed by atoms with van der Waals surface area (Å²) in [5, 5.41) is 9.45. The van der Waals surface area contributed by atoms with Crippen LogP contribution in [0, 0.1) is 11.3 Å². The highest BCUT2D eigenvalue weighted by Gasteiger charge is 2.35. The van der Waals surface area contributed by atoms with Crippen LogP contribution in [0.1, 0.15) is 18.9 Å². The van der Waals surface area contributed by atoms with Gasteiger partial charge < -0.3 is 18.9 Å². The third-order valence-corrected chi connectivity index (χ3v) is 4.55. The molecule has 0 atom stereocenters. The van der Waals surface area contributed by atoms with Gasteiger partial charge >= 0.3 is 0 Å². The fourth-order valence-corrected chi connectivity index (χ4v) is 3.05. The number of imide groups is 1. The highest BCUT2D eigenvalue weighted by atomic mass is 16.5. The Balaban J connectivity index is 2.57. The van der Waals surface area contributed by atoms with Crippen molar-refractivity contribution in [3.05, 3.63) is 34.4 Å². The molecule has 2 amide bonds. The van der Waals surface area contributed by atoms with Gasteiger partial charge in [0, 0.05) is 25.8 Å². The first-order valence-corrected chi connectivity index (χ1v) is 8.91. The molecule has 8 nitrogen and oxygen atoms in total. The minimum absolute atomic E-state index is 0.0549. The molecule has 0 aliphatic carbocycles. The van der Waals surface area contributed by atoms with Crippen LogP contribution in [0.2, 0.25) is 0 Å². The number of amides is 2. The number of nitrogens with zero attached hydrogens (tertiary/aromatic N) is 2. The molecule has 0 radical (unpaired) electrons. The number of benzene rings is 1. The van der Waals surface area contributed by atoms with Crippen molar-refractivity contribution in [3.63, 3.8) is 0 Å². The predicted molar refractivity (Wildman–Crippen MR) is 106 cm³/mol. The first-order valence-electron chi connectivity index (χ1n) is 8.91. The minimum Gasteiger partial charge on any atom is -0.493 e. The first-order chi connectivity index (χ1) is 13.9. The van der Waals surface area contributed by atoms with E-state index < -0.39 is 11.8 Å². The maximum absolute atomic E-state index is 13.0. The molecule has 0 saturated heterocycles. The Morgan fingerprint density at radius 2 is 1.66 bits per heavy atom.